The lowest BCUT2D eigenvalue weighted by Crippen LogP contribution is -2.38. The van der Waals surface area contributed by atoms with Gasteiger partial charge in [-0.25, -0.2) is 8.42 Å². The van der Waals surface area contributed by atoms with Crippen LogP contribution >= 0.6 is 23.4 Å². The summed E-state index contributed by atoms with van der Waals surface area (Å²) in [5.41, 5.74) is 1.31. The van der Waals surface area contributed by atoms with Gasteiger partial charge in [0.25, 0.3) is 5.91 Å². The molecule has 2 fully saturated rings. The van der Waals surface area contributed by atoms with Gasteiger partial charge in [0.1, 0.15) is 5.75 Å². The van der Waals surface area contributed by atoms with Gasteiger partial charge in [0.05, 0.1) is 51.0 Å². The number of thioether (sulfide) groups is 1. The van der Waals surface area contributed by atoms with Crippen molar-refractivity contribution in [1.82, 2.24) is 0 Å². The van der Waals surface area contributed by atoms with E-state index in [1.807, 2.05) is 0 Å². The molecule has 0 aromatic heterocycles. The van der Waals surface area contributed by atoms with Crippen LogP contribution in [0.3, 0.4) is 0 Å². The van der Waals surface area contributed by atoms with Crippen LogP contribution in [-0.4, -0.2) is 63.6 Å². The molecule has 2 saturated heterocycles. The highest BCUT2D eigenvalue weighted by atomic mass is 35.5. The highest BCUT2D eigenvalue weighted by Gasteiger charge is 2.50. The lowest BCUT2D eigenvalue weighted by atomic mass is 10.1. The molecule has 8 nitrogen and oxygen atoms in total. The first-order chi connectivity index (χ1) is 15.7. The minimum Gasteiger partial charge on any atom is -0.495 e. The number of hydrogen-bond acceptors (Lipinski definition) is 7. The first-order valence-corrected chi connectivity index (χ1v) is 13.1. The van der Waals surface area contributed by atoms with E-state index in [9.17, 15) is 13.2 Å². The summed E-state index contributed by atoms with van der Waals surface area (Å²) < 4.78 is 40.6. The number of carbonyl (C=O) groups excluding carboxylic acids is 1. The van der Waals surface area contributed by atoms with Crippen LogP contribution in [0.4, 0.5) is 5.69 Å². The smallest absolute Gasteiger partial charge is 0.252 e. The molecule has 0 saturated carbocycles. The molecule has 2 aliphatic heterocycles. The molecule has 0 spiro atoms. The van der Waals surface area contributed by atoms with Crippen molar-refractivity contribution in [3.05, 3.63) is 47.0 Å². The summed E-state index contributed by atoms with van der Waals surface area (Å²) >= 11 is 7.53. The molecule has 176 valence electrons. The number of amides is 1. The zero-order chi connectivity index (χ0) is 23.8. The molecule has 0 radical (unpaired) electrons. The number of carbonyl (C=O) groups is 1. The van der Waals surface area contributed by atoms with E-state index in [4.69, 9.17) is 25.8 Å². The molecule has 2 aromatic rings. The quantitative estimate of drug-likeness (QED) is 0.584. The van der Waals surface area contributed by atoms with Crippen molar-refractivity contribution in [3.63, 3.8) is 0 Å². The number of rotatable bonds is 6. The molecule has 1 amide bonds. The molecule has 4 rings (SSSR count). The van der Waals surface area contributed by atoms with E-state index in [-0.39, 0.29) is 35.1 Å². The first kappa shape index (κ1) is 23.7. The molecule has 2 aliphatic rings. The Balaban J connectivity index is 1.67. The second kappa shape index (κ2) is 9.44. The number of nitrogens with zero attached hydrogens (tertiary/aromatic N) is 2. The van der Waals surface area contributed by atoms with Crippen LogP contribution in [0, 0.1) is 0 Å². The molecular formula is C22H23ClN2O6S2. The zero-order valence-corrected chi connectivity index (χ0v) is 20.7. The molecular weight excluding hydrogens is 488 g/mol. The highest BCUT2D eigenvalue weighted by Crippen LogP contribution is 2.44. The van der Waals surface area contributed by atoms with Crippen LogP contribution in [0.25, 0.3) is 0 Å². The third-order valence-electron chi connectivity index (χ3n) is 5.49. The maximum absolute atomic E-state index is 12.9. The van der Waals surface area contributed by atoms with Gasteiger partial charge in [-0.2, -0.15) is 4.99 Å². The van der Waals surface area contributed by atoms with E-state index in [1.54, 1.807) is 48.4 Å². The maximum atomic E-state index is 12.9. The summed E-state index contributed by atoms with van der Waals surface area (Å²) in [4.78, 5) is 19.0. The van der Waals surface area contributed by atoms with Gasteiger partial charge in [-0.3, -0.25) is 4.79 Å². The van der Waals surface area contributed by atoms with Crippen LogP contribution in [0.5, 0.6) is 17.2 Å². The Morgan fingerprint density at radius 2 is 1.76 bits per heavy atom. The van der Waals surface area contributed by atoms with Crippen molar-refractivity contribution in [3.8, 4) is 17.2 Å². The Kier molecular flexibility index (Phi) is 6.78. The third-order valence-corrected chi connectivity index (χ3v) is 8.94. The van der Waals surface area contributed by atoms with Gasteiger partial charge in [0.2, 0.25) is 0 Å². The van der Waals surface area contributed by atoms with Crippen LogP contribution in [0.2, 0.25) is 5.02 Å². The average Bonchev–Trinajstić information content (AvgIpc) is 3.23. The Labute approximate surface area is 201 Å². The lowest BCUT2D eigenvalue weighted by molar-refractivity contribution is -0.117. The van der Waals surface area contributed by atoms with E-state index in [0.717, 1.165) is 5.56 Å². The minimum absolute atomic E-state index is 0.0246. The van der Waals surface area contributed by atoms with Crippen molar-refractivity contribution >= 4 is 50.0 Å². The van der Waals surface area contributed by atoms with Crippen molar-refractivity contribution < 1.29 is 27.4 Å². The third kappa shape index (κ3) is 4.92. The number of sulfone groups is 1. The maximum Gasteiger partial charge on any atom is 0.252 e. The molecule has 0 unspecified atom stereocenters. The van der Waals surface area contributed by atoms with Crippen LogP contribution in [-0.2, 0) is 21.1 Å². The van der Waals surface area contributed by atoms with E-state index in [2.05, 4.69) is 4.99 Å². The largest absolute Gasteiger partial charge is 0.495 e. The molecule has 2 atom stereocenters. The number of halogens is 1. The number of methoxy groups -OCH3 is 3. The topological polar surface area (TPSA) is 94.5 Å². The Hall–Kier alpha value is -2.43. The Bertz CT molecular complexity index is 1220. The molecule has 2 aromatic carbocycles. The van der Waals surface area contributed by atoms with E-state index >= 15 is 0 Å². The van der Waals surface area contributed by atoms with Crippen LogP contribution < -0.4 is 19.1 Å². The normalized spacial score (nSPS) is 22.3. The van der Waals surface area contributed by atoms with Gasteiger partial charge in [-0.05, 0) is 35.9 Å². The lowest BCUT2D eigenvalue weighted by Gasteiger charge is -2.26. The average molecular weight is 511 g/mol. The second-order valence-electron chi connectivity index (χ2n) is 7.64. The van der Waals surface area contributed by atoms with Gasteiger partial charge in [-0.15, -0.1) is 0 Å². The predicted octanol–water partition coefficient (Wildman–Crippen LogP) is 3.21. The molecule has 33 heavy (non-hydrogen) atoms. The van der Waals surface area contributed by atoms with Gasteiger partial charge < -0.3 is 19.1 Å². The van der Waals surface area contributed by atoms with E-state index < -0.39 is 9.84 Å². The molecule has 0 bridgehead atoms. The highest BCUT2D eigenvalue weighted by molar-refractivity contribution is 8.16. The number of fused-ring (bicyclic) bond motifs is 1. The fourth-order valence-electron chi connectivity index (χ4n) is 4.01. The fraction of sp³-hybridized carbons (Fsp3) is 0.364. The zero-order valence-electron chi connectivity index (χ0n) is 18.3. The fourth-order valence-corrected chi connectivity index (χ4v) is 8.10. The summed E-state index contributed by atoms with van der Waals surface area (Å²) in [5.74, 6) is 1.26. The van der Waals surface area contributed by atoms with Gasteiger partial charge >= 0.3 is 0 Å². The van der Waals surface area contributed by atoms with Crippen molar-refractivity contribution in [2.24, 2.45) is 4.99 Å². The predicted molar refractivity (Wildman–Crippen MR) is 130 cm³/mol. The SMILES string of the molecule is COc1ccc(CC(=O)N=C2S[C@H]3CS(=O)(=O)C[C@H]3N2c2cc(Cl)ccc2OC)cc1OC. The monoisotopic (exact) mass is 510 g/mol. The van der Waals surface area contributed by atoms with Crippen molar-refractivity contribution in [1.29, 1.82) is 0 Å². The number of amidine groups is 1. The summed E-state index contributed by atoms with van der Waals surface area (Å²) in [6.45, 7) is 0. The molecule has 0 aliphatic carbocycles. The van der Waals surface area contributed by atoms with Crippen molar-refractivity contribution in [2.45, 2.75) is 17.7 Å². The van der Waals surface area contributed by atoms with Crippen LogP contribution in [0.1, 0.15) is 5.56 Å². The number of aliphatic imine (C=N–C) groups is 1. The van der Waals surface area contributed by atoms with Gasteiger partial charge in [0, 0.05) is 10.3 Å². The summed E-state index contributed by atoms with van der Waals surface area (Å²) in [5, 5.41) is 0.674. The number of benzene rings is 2. The molecule has 11 heteroatoms. The Morgan fingerprint density at radius 3 is 2.45 bits per heavy atom. The van der Waals surface area contributed by atoms with Crippen LogP contribution in [0.15, 0.2) is 41.4 Å². The van der Waals surface area contributed by atoms with Gasteiger partial charge in [0.15, 0.2) is 26.5 Å². The van der Waals surface area contributed by atoms with Crippen molar-refractivity contribution in [2.75, 3.05) is 37.7 Å². The second-order valence-corrected chi connectivity index (χ2v) is 11.4. The summed E-state index contributed by atoms with van der Waals surface area (Å²) in [6, 6.07) is 9.98. The van der Waals surface area contributed by atoms with E-state index in [1.165, 1.54) is 26.0 Å². The number of hydrogen-bond donors (Lipinski definition) is 0. The summed E-state index contributed by atoms with van der Waals surface area (Å²) in [6.07, 6.45) is 0.0541. The minimum atomic E-state index is -3.19. The molecule has 2 heterocycles. The van der Waals surface area contributed by atoms with Gasteiger partial charge in [-0.1, -0.05) is 29.4 Å². The standard InChI is InChI=1S/C22H23ClN2O6S2/c1-29-17-7-5-14(23)10-15(17)25-16-11-33(27,28)12-20(16)32-22(25)24-21(26)9-13-4-6-18(30-2)19(8-13)31-3/h4-8,10,16,20H,9,11-12H2,1-3H3/t16-,20+/m1/s1. The molecule has 0 N–H and O–H groups in total. The Morgan fingerprint density at radius 1 is 1.06 bits per heavy atom. The number of anilines is 1. The van der Waals surface area contributed by atoms with E-state index in [0.29, 0.717) is 33.1 Å². The number of ether oxygens (including phenoxy) is 3. The first-order valence-electron chi connectivity index (χ1n) is 10.1. The summed E-state index contributed by atoms with van der Waals surface area (Å²) in [7, 11) is 1.41.